The van der Waals surface area contributed by atoms with Gasteiger partial charge in [-0.05, 0) is 38.0 Å². The molecule has 1 amide bonds. The lowest BCUT2D eigenvalue weighted by atomic mass is 10.1. The van der Waals surface area contributed by atoms with Crippen molar-refractivity contribution in [3.05, 3.63) is 28.8 Å². The van der Waals surface area contributed by atoms with E-state index in [0.29, 0.717) is 6.54 Å². The Bertz CT molecular complexity index is 527. The first-order valence-electron chi connectivity index (χ1n) is 8.52. The van der Waals surface area contributed by atoms with Crippen molar-refractivity contribution in [3.8, 4) is 0 Å². The van der Waals surface area contributed by atoms with Gasteiger partial charge < -0.3 is 10.2 Å². The number of halogens is 1. The second-order valence-electron chi connectivity index (χ2n) is 6.45. The van der Waals surface area contributed by atoms with Crippen molar-refractivity contribution >= 4 is 23.2 Å². The minimum absolute atomic E-state index is 0.137. The summed E-state index contributed by atoms with van der Waals surface area (Å²) in [6.45, 7) is 10.5. The number of rotatable bonds is 6. The molecule has 5 heteroatoms. The van der Waals surface area contributed by atoms with Gasteiger partial charge in [-0.2, -0.15) is 0 Å². The number of hydrogen-bond donors (Lipinski definition) is 1. The molecular formula is C18H28ClN3O. The van der Waals surface area contributed by atoms with Crippen LogP contribution in [0.3, 0.4) is 0 Å². The predicted octanol–water partition coefficient (Wildman–Crippen LogP) is 3.08. The quantitative estimate of drug-likeness (QED) is 0.866. The maximum Gasteiger partial charge on any atom is 0.234 e. The van der Waals surface area contributed by atoms with Crippen LogP contribution in [0.1, 0.15) is 32.3 Å². The number of carbonyl (C=O) groups is 1. The van der Waals surface area contributed by atoms with E-state index in [1.54, 1.807) is 0 Å². The molecule has 1 atom stereocenters. The van der Waals surface area contributed by atoms with E-state index in [4.69, 9.17) is 11.6 Å². The first kappa shape index (κ1) is 18.1. The van der Waals surface area contributed by atoms with E-state index in [1.165, 1.54) is 11.3 Å². The van der Waals surface area contributed by atoms with Gasteiger partial charge in [0.2, 0.25) is 5.91 Å². The van der Waals surface area contributed by atoms with Crippen LogP contribution < -0.4 is 10.2 Å². The highest BCUT2D eigenvalue weighted by atomic mass is 35.5. The van der Waals surface area contributed by atoms with E-state index in [1.807, 2.05) is 12.1 Å². The molecule has 1 N–H and O–H groups in total. The zero-order valence-electron chi connectivity index (χ0n) is 14.4. The molecule has 1 aromatic carbocycles. The van der Waals surface area contributed by atoms with E-state index in [0.717, 1.165) is 44.0 Å². The number of nitrogens with one attached hydrogen (secondary N) is 1. The van der Waals surface area contributed by atoms with Gasteiger partial charge in [0.1, 0.15) is 0 Å². The van der Waals surface area contributed by atoms with Gasteiger partial charge in [-0.3, -0.25) is 9.69 Å². The van der Waals surface area contributed by atoms with Crippen LogP contribution in [0.15, 0.2) is 18.2 Å². The van der Waals surface area contributed by atoms with Crippen LogP contribution in [0.5, 0.6) is 0 Å². The molecule has 1 aliphatic heterocycles. The zero-order chi connectivity index (χ0) is 16.8. The minimum Gasteiger partial charge on any atom is -0.369 e. The molecule has 1 fully saturated rings. The van der Waals surface area contributed by atoms with Crippen LogP contribution in [0.4, 0.5) is 5.69 Å². The lowest BCUT2D eigenvalue weighted by Gasteiger charge is -2.36. The van der Waals surface area contributed by atoms with Gasteiger partial charge in [0.15, 0.2) is 0 Å². The number of piperazine rings is 1. The molecule has 0 radical (unpaired) electrons. The Labute approximate surface area is 144 Å². The first-order chi connectivity index (χ1) is 11.0. The van der Waals surface area contributed by atoms with Crippen LogP contribution in [0.2, 0.25) is 5.02 Å². The fraction of sp³-hybridized carbons (Fsp3) is 0.611. The zero-order valence-corrected chi connectivity index (χ0v) is 15.2. The Morgan fingerprint density at radius 2 is 2.00 bits per heavy atom. The predicted molar refractivity (Wildman–Crippen MR) is 97.4 cm³/mol. The summed E-state index contributed by atoms with van der Waals surface area (Å²) in [7, 11) is 0. The van der Waals surface area contributed by atoms with Gasteiger partial charge in [-0.15, -0.1) is 0 Å². The SMILES string of the molecule is CCCC(C)NC(=O)CN1CCN(c2cc(Cl)ccc2C)CC1. The molecule has 128 valence electrons. The number of anilines is 1. The number of hydrogen-bond acceptors (Lipinski definition) is 3. The van der Waals surface area contributed by atoms with E-state index < -0.39 is 0 Å². The van der Waals surface area contributed by atoms with Crippen LogP contribution in [0, 0.1) is 6.92 Å². The molecule has 1 aromatic rings. The van der Waals surface area contributed by atoms with Crippen molar-refractivity contribution in [3.63, 3.8) is 0 Å². The second-order valence-corrected chi connectivity index (χ2v) is 6.89. The molecule has 1 aliphatic rings. The average Bonchev–Trinajstić information content (AvgIpc) is 2.50. The van der Waals surface area contributed by atoms with Crippen molar-refractivity contribution < 1.29 is 4.79 Å². The highest BCUT2D eigenvalue weighted by Crippen LogP contribution is 2.25. The molecule has 0 saturated carbocycles. The van der Waals surface area contributed by atoms with Crippen molar-refractivity contribution in [1.82, 2.24) is 10.2 Å². The Morgan fingerprint density at radius 1 is 1.30 bits per heavy atom. The van der Waals surface area contributed by atoms with Crippen molar-refractivity contribution in [1.29, 1.82) is 0 Å². The van der Waals surface area contributed by atoms with Gasteiger partial charge in [0.25, 0.3) is 0 Å². The van der Waals surface area contributed by atoms with Crippen LogP contribution >= 0.6 is 11.6 Å². The van der Waals surface area contributed by atoms with Crippen LogP contribution in [0.25, 0.3) is 0 Å². The molecular weight excluding hydrogens is 310 g/mol. The third-order valence-corrected chi connectivity index (χ3v) is 4.62. The standard InChI is InChI=1S/C18H28ClN3O/c1-4-5-15(3)20-18(23)13-21-8-10-22(11-9-21)17-12-16(19)7-6-14(17)2/h6-7,12,15H,4-5,8-11,13H2,1-3H3,(H,20,23). The van der Waals surface area contributed by atoms with Gasteiger partial charge >= 0.3 is 0 Å². The summed E-state index contributed by atoms with van der Waals surface area (Å²) in [5, 5.41) is 3.85. The summed E-state index contributed by atoms with van der Waals surface area (Å²) in [5.41, 5.74) is 2.45. The molecule has 1 saturated heterocycles. The number of benzene rings is 1. The topological polar surface area (TPSA) is 35.6 Å². The lowest BCUT2D eigenvalue weighted by Crippen LogP contribution is -2.50. The van der Waals surface area contributed by atoms with Gasteiger partial charge in [-0.1, -0.05) is 31.0 Å². The Balaban J connectivity index is 1.82. The smallest absolute Gasteiger partial charge is 0.234 e. The molecule has 1 heterocycles. The van der Waals surface area contributed by atoms with Gasteiger partial charge in [0, 0.05) is 42.9 Å². The highest BCUT2D eigenvalue weighted by Gasteiger charge is 2.20. The molecule has 1 unspecified atom stereocenters. The molecule has 23 heavy (non-hydrogen) atoms. The van der Waals surface area contributed by atoms with Crippen molar-refractivity contribution in [2.24, 2.45) is 0 Å². The van der Waals surface area contributed by atoms with Gasteiger partial charge in [-0.25, -0.2) is 0 Å². The first-order valence-corrected chi connectivity index (χ1v) is 8.90. The molecule has 0 bridgehead atoms. The monoisotopic (exact) mass is 337 g/mol. The van der Waals surface area contributed by atoms with E-state index in [-0.39, 0.29) is 11.9 Å². The largest absolute Gasteiger partial charge is 0.369 e. The minimum atomic E-state index is 0.137. The third-order valence-electron chi connectivity index (χ3n) is 4.38. The summed E-state index contributed by atoms with van der Waals surface area (Å²) < 4.78 is 0. The summed E-state index contributed by atoms with van der Waals surface area (Å²) in [6.07, 6.45) is 2.13. The molecule has 0 aliphatic carbocycles. The lowest BCUT2D eigenvalue weighted by molar-refractivity contribution is -0.122. The average molecular weight is 338 g/mol. The van der Waals surface area contributed by atoms with E-state index in [2.05, 4.69) is 42.0 Å². The summed E-state index contributed by atoms with van der Waals surface area (Å²) >= 11 is 6.12. The van der Waals surface area contributed by atoms with E-state index in [9.17, 15) is 4.79 Å². The highest BCUT2D eigenvalue weighted by molar-refractivity contribution is 6.30. The fourth-order valence-electron chi connectivity index (χ4n) is 3.10. The maximum atomic E-state index is 12.1. The Hall–Kier alpha value is -1.26. The molecule has 0 aromatic heterocycles. The van der Waals surface area contributed by atoms with Crippen LogP contribution in [-0.4, -0.2) is 49.6 Å². The van der Waals surface area contributed by atoms with Crippen LogP contribution in [-0.2, 0) is 4.79 Å². The normalized spacial score (nSPS) is 17.1. The second kappa shape index (κ2) is 8.55. The summed E-state index contributed by atoms with van der Waals surface area (Å²) in [6, 6.07) is 6.29. The Kier molecular flexibility index (Phi) is 6.72. The molecule has 4 nitrogen and oxygen atoms in total. The summed E-state index contributed by atoms with van der Waals surface area (Å²) in [5.74, 6) is 0.137. The van der Waals surface area contributed by atoms with Crippen molar-refractivity contribution in [2.45, 2.75) is 39.7 Å². The maximum absolute atomic E-state index is 12.1. The molecule has 2 rings (SSSR count). The van der Waals surface area contributed by atoms with Crippen molar-refractivity contribution in [2.75, 3.05) is 37.6 Å². The van der Waals surface area contributed by atoms with Gasteiger partial charge in [0.05, 0.1) is 6.54 Å². The number of nitrogens with zero attached hydrogens (tertiary/aromatic N) is 2. The number of carbonyl (C=O) groups excluding carboxylic acids is 1. The number of amides is 1. The van der Waals surface area contributed by atoms with E-state index >= 15 is 0 Å². The third kappa shape index (κ3) is 5.40. The Morgan fingerprint density at radius 3 is 2.65 bits per heavy atom. The number of aryl methyl sites for hydroxylation is 1. The summed E-state index contributed by atoms with van der Waals surface area (Å²) in [4.78, 5) is 16.6. The fourth-order valence-corrected chi connectivity index (χ4v) is 3.27. The molecule has 0 spiro atoms.